The predicted molar refractivity (Wildman–Crippen MR) is 79.6 cm³/mol. The van der Waals surface area contributed by atoms with Crippen LogP contribution in [-0.2, 0) is 0 Å². The molecule has 6 nitrogen and oxygen atoms in total. The molecule has 106 valence electrons. The fourth-order valence-electron chi connectivity index (χ4n) is 2.00. The van der Waals surface area contributed by atoms with E-state index in [1.54, 1.807) is 13.3 Å². The Morgan fingerprint density at radius 1 is 1.45 bits per heavy atom. The summed E-state index contributed by atoms with van der Waals surface area (Å²) in [4.78, 5) is 6.39. The molecule has 2 rings (SSSR count). The van der Waals surface area contributed by atoms with E-state index in [9.17, 15) is 0 Å². The van der Waals surface area contributed by atoms with Crippen LogP contribution < -0.4 is 15.4 Å². The van der Waals surface area contributed by atoms with Gasteiger partial charge in [0, 0.05) is 31.6 Å². The number of methoxy groups -OCH3 is 1. The number of hydrogen-bond donors (Lipinski definition) is 2. The highest BCUT2D eigenvalue weighted by Crippen LogP contribution is 2.27. The molecule has 1 aromatic carbocycles. The van der Waals surface area contributed by atoms with E-state index in [0.717, 1.165) is 22.3 Å². The van der Waals surface area contributed by atoms with Gasteiger partial charge in [0.25, 0.3) is 0 Å². The van der Waals surface area contributed by atoms with Crippen molar-refractivity contribution in [2.45, 2.75) is 6.42 Å². The Morgan fingerprint density at radius 2 is 2.25 bits per heavy atom. The smallest absolute Gasteiger partial charge is 0.140 e. The molecule has 0 aliphatic rings. The van der Waals surface area contributed by atoms with Crippen molar-refractivity contribution >= 4 is 22.4 Å². The van der Waals surface area contributed by atoms with Gasteiger partial charge in [-0.15, -0.1) is 0 Å². The second-order valence-electron chi connectivity index (χ2n) is 4.48. The van der Waals surface area contributed by atoms with Gasteiger partial charge in [0.2, 0.25) is 0 Å². The van der Waals surface area contributed by atoms with Crippen molar-refractivity contribution in [2.75, 3.05) is 25.6 Å². The van der Waals surface area contributed by atoms with Crippen LogP contribution in [0.4, 0.5) is 5.82 Å². The monoisotopic (exact) mass is 274 g/mol. The third kappa shape index (κ3) is 2.90. The van der Waals surface area contributed by atoms with Gasteiger partial charge < -0.3 is 20.6 Å². The second-order valence-corrected chi connectivity index (χ2v) is 4.48. The van der Waals surface area contributed by atoms with Crippen molar-refractivity contribution in [2.24, 2.45) is 10.9 Å². The Bertz CT molecular complexity index is 628. The number of oxime groups is 1. The summed E-state index contributed by atoms with van der Waals surface area (Å²) in [5.74, 6) is 1.83. The fourth-order valence-corrected chi connectivity index (χ4v) is 2.00. The number of nitrogens with zero attached hydrogens (tertiary/aromatic N) is 3. The Morgan fingerprint density at radius 3 is 2.95 bits per heavy atom. The first kappa shape index (κ1) is 13.9. The van der Waals surface area contributed by atoms with Crippen molar-refractivity contribution in [1.29, 1.82) is 0 Å². The molecule has 0 saturated heterocycles. The third-order valence-corrected chi connectivity index (χ3v) is 3.15. The number of anilines is 1. The molecular weight excluding hydrogens is 256 g/mol. The summed E-state index contributed by atoms with van der Waals surface area (Å²) in [7, 11) is 3.56. The molecule has 0 saturated carbocycles. The summed E-state index contributed by atoms with van der Waals surface area (Å²) < 4.78 is 5.25. The van der Waals surface area contributed by atoms with Gasteiger partial charge in [0.1, 0.15) is 17.4 Å². The van der Waals surface area contributed by atoms with Crippen molar-refractivity contribution in [3.05, 3.63) is 30.5 Å². The number of amidine groups is 1. The van der Waals surface area contributed by atoms with E-state index in [1.807, 2.05) is 36.2 Å². The lowest BCUT2D eigenvalue weighted by Crippen LogP contribution is -2.25. The highest BCUT2D eigenvalue weighted by molar-refractivity contribution is 5.93. The molecular formula is C14H18N4O2. The summed E-state index contributed by atoms with van der Waals surface area (Å²) >= 11 is 0. The molecule has 0 atom stereocenters. The number of rotatable bonds is 5. The molecule has 0 fully saturated rings. The van der Waals surface area contributed by atoms with Gasteiger partial charge in [0.15, 0.2) is 0 Å². The average Bonchev–Trinajstić information content (AvgIpc) is 2.50. The Labute approximate surface area is 117 Å². The first-order valence-corrected chi connectivity index (χ1v) is 6.26. The highest BCUT2D eigenvalue weighted by Gasteiger charge is 2.09. The first-order chi connectivity index (χ1) is 9.65. The van der Waals surface area contributed by atoms with Crippen LogP contribution in [0.5, 0.6) is 5.75 Å². The quantitative estimate of drug-likeness (QED) is 0.376. The van der Waals surface area contributed by atoms with Crippen LogP contribution in [0.2, 0.25) is 0 Å². The number of hydrogen-bond acceptors (Lipinski definition) is 5. The summed E-state index contributed by atoms with van der Waals surface area (Å²) in [6, 6.07) is 7.83. The minimum atomic E-state index is 0.203. The lowest BCUT2D eigenvalue weighted by molar-refractivity contribution is 0.317. The molecule has 0 spiro atoms. The highest BCUT2D eigenvalue weighted by atomic mass is 16.5. The lowest BCUT2D eigenvalue weighted by Gasteiger charge is -2.19. The van der Waals surface area contributed by atoms with E-state index in [0.29, 0.717) is 13.0 Å². The number of benzene rings is 1. The van der Waals surface area contributed by atoms with E-state index in [2.05, 4.69) is 10.1 Å². The minimum Gasteiger partial charge on any atom is -0.497 e. The largest absolute Gasteiger partial charge is 0.497 e. The average molecular weight is 274 g/mol. The van der Waals surface area contributed by atoms with Gasteiger partial charge in [-0.2, -0.15) is 0 Å². The molecule has 2 aromatic rings. The zero-order chi connectivity index (χ0) is 14.5. The molecule has 0 aliphatic carbocycles. The molecule has 1 aromatic heterocycles. The van der Waals surface area contributed by atoms with Crippen LogP contribution in [0.1, 0.15) is 6.42 Å². The van der Waals surface area contributed by atoms with E-state index >= 15 is 0 Å². The third-order valence-electron chi connectivity index (χ3n) is 3.15. The van der Waals surface area contributed by atoms with Crippen molar-refractivity contribution in [3.8, 4) is 5.75 Å². The van der Waals surface area contributed by atoms with Crippen LogP contribution in [0, 0.1) is 0 Å². The first-order valence-electron chi connectivity index (χ1n) is 6.26. The van der Waals surface area contributed by atoms with Crippen molar-refractivity contribution in [1.82, 2.24) is 4.98 Å². The lowest BCUT2D eigenvalue weighted by atomic mass is 10.1. The zero-order valence-electron chi connectivity index (χ0n) is 11.6. The summed E-state index contributed by atoms with van der Waals surface area (Å²) in [5.41, 5.74) is 5.49. The van der Waals surface area contributed by atoms with E-state index in [-0.39, 0.29) is 5.84 Å². The van der Waals surface area contributed by atoms with E-state index in [1.165, 1.54) is 0 Å². The van der Waals surface area contributed by atoms with Crippen LogP contribution in [0.3, 0.4) is 0 Å². The molecule has 6 heteroatoms. The number of fused-ring (bicyclic) bond motifs is 1. The SMILES string of the molecule is COc1ccc2ccnc(N(C)CC/C(N)=N/O)c2c1. The summed E-state index contributed by atoms with van der Waals surface area (Å²) in [6.45, 7) is 0.610. The Balaban J connectivity index is 2.32. The molecule has 0 unspecified atom stereocenters. The normalized spacial score (nSPS) is 11.6. The molecule has 0 aliphatic heterocycles. The number of ether oxygens (including phenoxy) is 1. The van der Waals surface area contributed by atoms with Gasteiger partial charge in [0.05, 0.1) is 7.11 Å². The van der Waals surface area contributed by atoms with Crippen molar-refractivity contribution in [3.63, 3.8) is 0 Å². The standard InChI is InChI=1S/C14H18N4O2/c1-18(8-6-13(15)17-19)14-12-9-11(20-2)4-3-10(12)5-7-16-14/h3-5,7,9,19H,6,8H2,1-2H3,(H2,15,17). The Kier molecular flexibility index (Phi) is 4.24. The number of aromatic nitrogens is 1. The maximum Gasteiger partial charge on any atom is 0.140 e. The van der Waals surface area contributed by atoms with Crippen LogP contribution in [0.15, 0.2) is 35.6 Å². The topological polar surface area (TPSA) is 84.0 Å². The number of pyridine rings is 1. The van der Waals surface area contributed by atoms with Crippen LogP contribution in [-0.4, -0.2) is 36.7 Å². The molecule has 3 N–H and O–H groups in total. The van der Waals surface area contributed by atoms with E-state index < -0.39 is 0 Å². The van der Waals surface area contributed by atoms with Gasteiger partial charge >= 0.3 is 0 Å². The molecule has 0 radical (unpaired) electrons. The zero-order valence-corrected chi connectivity index (χ0v) is 11.6. The maximum atomic E-state index is 8.57. The van der Waals surface area contributed by atoms with E-state index in [4.69, 9.17) is 15.7 Å². The number of nitrogens with two attached hydrogens (primary N) is 1. The van der Waals surface area contributed by atoms with Gasteiger partial charge in [-0.1, -0.05) is 11.2 Å². The fraction of sp³-hybridized carbons (Fsp3) is 0.286. The molecule has 0 bridgehead atoms. The maximum absolute atomic E-state index is 8.57. The van der Waals surface area contributed by atoms with Gasteiger partial charge in [-0.25, -0.2) is 4.98 Å². The summed E-state index contributed by atoms with van der Waals surface area (Å²) in [5, 5.41) is 13.6. The second kappa shape index (κ2) is 6.10. The molecule has 20 heavy (non-hydrogen) atoms. The summed E-state index contributed by atoms with van der Waals surface area (Å²) in [6.07, 6.45) is 2.24. The predicted octanol–water partition coefficient (Wildman–Crippen LogP) is 1.82. The molecule has 0 amide bonds. The Hall–Kier alpha value is -2.50. The van der Waals surface area contributed by atoms with Crippen molar-refractivity contribution < 1.29 is 9.94 Å². The van der Waals surface area contributed by atoms with Crippen LogP contribution >= 0.6 is 0 Å². The van der Waals surface area contributed by atoms with Crippen LogP contribution in [0.25, 0.3) is 10.8 Å². The molecule has 1 heterocycles. The van der Waals surface area contributed by atoms with Gasteiger partial charge in [-0.3, -0.25) is 0 Å². The minimum absolute atomic E-state index is 0.203. The van der Waals surface area contributed by atoms with Gasteiger partial charge in [-0.05, 0) is 23.6 Å².